The molecule has 6 nitrogen and oxygen atoms in total. The van der Waals surface area contributed by atoms with Gasteiger partial charge in [-0.25, -0.2) is 10.8 Å². The largest absolute Gasteiger partial charge is 0.380 e. The number of nitrogen functional groups attached to an aromatic ring is 1. The predicted molar refractivity (Wildman–Crippen MR) is 64.5 cm³/mol. The lowest BCUT2D eigenvalue weighted by Gasteiger charge is -2.21. The van der Waals surface area contributed by atoms with Gasteiger partial charge >= 0.3 is 0 Å². The normalized spacial score (nSPS) is 19.8. The summed E-state index contributed by atoms with van der Waals surface area (Å²) in [5.41, 5.74) is 2.97. The Morgan fingerprint density at radius 2 is 2.65 bits per heavy atom. The van der Waals surface area contributed by atoms with Crippen molar-refractivity contribution in [2.45, 2.75) is 19.0 Å². The minimum atomic E-state index is -0.340. The van der Waals surface area contributed by atoms with Crippen LogP contribution in [-0.2, 0) is 11.3 Å². The average molecular weight is 256 g/mol. The SMILES string of the molecule is CN(Cc1csc(C(=O)NN)n1)C1CCOC1. The highest BCUT2D eigenvalue weighted by molar-refractivity contribution is 7.11. The molecule has 0 radical (unpaired) electrons. The number of carbonyl (C=O) groups excluding carboxylic acids is 1. The minimum Gasteiger partial charge on any atom is -0.380 e. The van der Waals surface area contributed by atoms with E-state index in [0.29, 0.717) is 11.0 Å². The Kier molecular flexibility index (Phi) is 4.06. The Labute approximate surface area is 104 Å². The Hall–Kier alpha value is -1.02. The first kappa shape index (κ1) is 12.4. The van der Waals surface area contributed by atoms with Crippen LogP contribution in [-0.4, -0.2) is 42.1 Å². The zero-order valence-electron chi connectivity index (χ0n) is 9.68. The van der Waals surface area contributed by atoms with Crippen LogP contribution >= 0.6 is 11.3 Å². The summed E-state index contributed by atoms with van der Waals surface area (Å²) in [6.45, 7) is 2.33. The minimum absolute atomic E-state index is 0.340. The van der Waals surface area contributed by atoms with Gasteiger partial charge in [-0.2, -0.15) is 0 Å². The van der Waals surface area contributed by atoms with Crippen molar-refractivity contribution in [1.82, 2.24) is 15.3 Å². The smallest absolute Gasteiger partial charge is 0.294 e. The van der Waals surface area contributed by atoms with E-state index in [9.17, 15) is 4.79 Å². The maximum atomic E-state index is 11.2. The fourth-order valence-electron chi connectivity index (χ4n) is 1.80. The Morgan fingerprint density at radius 3 is 3.29 bits per heavy atom. The van der Waals surface area contributed by atoms with E-state index in [-0.39, 0.29) is 5.91 Å². The van der Waals surface area contributed by atoms with E-state index < -0.39 is 0 Å². The van der Waals surface area contributed by atoms with Gasteiger partial charge in [-0.3, -0.25) is 15.1 Å². The van der Waals surface area contributed by atoms with Crippen molar-refractivity contribution in [2.75, 3.05) is 20.3 Å². The second-order valence-corrected chi connectivity index (χ2v) is 4.91. The standard InChI is InChI=1S/C10H16N4O2S/c1-14(8-2-3-16-5-8)4-7-6-17-10(12-7)9(15)13-11/h6,8H,2-5,11H2,1H3,(H,13,15). The van der Waals surface area contributed by atoms with E-state index in [1.54, 1.807) is 0 Å². The van der Waals surface area contributed by atoms with E-state index >= 15 is 0 Å². The molecule has 0 spiro atoms. The third kappa shape index (κ3) is 3.01. The Morgan fingerprint density at radius 1 is 1.82 bits per heavy atom. The second kappa shape index (κ2) is 5.54. The number of rotatable bonds is 4. The molecule has 0 aromatic carbocycles. The molecule has 1 aromatic rings. The molecule has 1 aliphatic heterocycles. The van der Waals surface area contributed by atoms with Crippen LogP contribution in [0.4, 0.5) is 0 Å². The number of hydrogen-bond donors (Lipinski definition) is 2. The summed E-state index contributed by atoms with van der Waals surface area (Å²) in [6, 6.07) is 0.448. The number of nitrogens with two attached hydrogens (primary N) is 1. The molecule has 0 saturated carbocycles. The fourth-order valence-corrected chi connectivity index (χ4v) is 2.51. The molecule has 0 aliphatic carbocycles. The highest BCUT2D eigenvalue weighted by Gasteiger charge is 2.21. The molecular formula is C10H16N4O2S. The summed E-state index contributed by atoms with van der Waals surface area (Å²) in [5, 5.41) is 2.29. The van der Waals surface area contributed by atoms with Crippen molar-refractivity contribution in [3.63, 3.8) is 0 Å². The summed E-state index contributed by atoms with van der Waals surface area (Å²) >= 11 is 1.31. The molecule has 94 valence electrons. The van der Waals surface area contributed by atoms with E-state index in [1.807, 2.05) is 12.4 Å². The Balaban J connectivity index is 1.94. The second-order valence-electron chi connectivity index (χ2n) is 4.05. The molecule has 1 unspecified atom stereocenters. The molecule has 2 rings (SSSR count). The number of ether oxygens (including phenoxy) is 1. The molecule has 1 amide bonds. The van der Waals surface area contributed by atoms with Gasteiger partial charge in [0.25, 0.3) is 5.91 Å². The van der Waals surface area contributed by atoms with E-state index in [4.69, 9.17) is 10.6 Å². The summed E-state index contributed by atoms with van der Waals surface area (Å²) < 4.78 is 5.34. The molecule has 1 saturated heterocycles. The van der Waals surface area contributed by atoms with Crippen molar-refractivity contribution in [3.8, 4) is 0 Å². The number of amides is 1. The van der Waals surface area contributed by atoms with E-state index in [0.717, 1.165) is 31.9 Å². The zero-order valence-corrected chi connectivity index (χ0v) is 10.5. The number of aromatic nitrogens is 1. The molecule has 1 aliphatic rings. The lowest BCUT2D eigenvalue weighted by Crippen LogP contribution is -2.32. The van der Waals surface area contributed by atoms with Gasteiger partial charge in [0.2, 0.25) is 0 Å². The van der Waals surface area contributed by atoms with Crippen LogP contribution < -0.4 is 11.3 Å². The van der Waals surface area contributed by atoms with Crippen LogP contribution in [0.15, 0.2) is 5.38 Å². The lowest BCUT2D eigenvalue weighted by atomic mass is 10.2. The van der Waals surface area contributed by atoms with Crippen LogP contribution in [0.1, 0.15) is 21.9 Å². The van der Waals surface area contributed by atoms with Gasteiger partial charge < -0.3 is 4.74 Å². The summed E-state index contributed by atoms with van der Waals surface area (Å²) in [6.07, 6.45) is 1.05. The number of nitrogens with zero attached hydrogens (tertiary/aromatic N) is 2. The quantitative estimate of drug-likeness (QED) is 0.449. The Bertz CT molecular complexity index is 389. The van der Waals surface area contributed by atoms with Gasteiger partial charge in [-0.05, 0) is 13.5 Å². The number of carbonyl (C=O) groups is 1. The van der Waals surface area contributed by atoms with Gasteiger partial charge in [0.15, 0.2) is 5.01 Å². The molecule has 7 heteroatoms. The zero-order chi connectivity index (χ0) is 12.3. The van der Waals surface area contributed by atoms with Crippen LogP contribution in [0, 0.1) is 0 Å². The van der Waals surface area contributed by atoms with E-state index in [2.05, 4.69) is 15.3 Å². The molecule has 17 heavy (non-hydrogen) atoms. The molecular weight excluding hydrogens is 240 g/mol. The first-order chi connectivity index (χ1) is 8.20. The topological polar surface area (TPSA) is 80.5 Å². The highest BCUT2D eigenvalue weighted by Crippen LogP contribution is 2.15. The van der Waals surface area contributed by atoms with Crippen LogP contribution in [0.2, 0.25) is 0 Å². The van der Waals surface area contributed by atoms with Gasteiger partial charge in [-0.1, -0.05) is 0 Å². The lowest BCUT2D eigenvalue weighted by molar-refractivity contribution is 0.0952. The van der Waals surface area contributed by atoms with Gasteiger partial charge in [0, 0.05) is 24.6 Å². The van der Waals surface area contributed by atoms with Gasteiger partial charge in [0.1, 0.15) is 0 Å². The molecule has 1 aromatic heterocycles. The van der Waals surface area contributed by atoms with Crippen LogP contribution in [0.3, 0.4) is 0 Å². The number of likely N-dealkylation sites (N-methyl/N-ethyl adjacent to an activating group) is 1. The first-order valence-corrected chi connectivity index (χ1v) is 6.32. The maximum absolute atomic E-state index is 11.2. The summed E-state index contributed by atoms with van der Waals surface area (Å²) in [7, 11) is 2.04. The van der Waals surface area contributed by atoms with Gasteiger partial charge in [0.05, 0.1) is 12.3 Å². The van der Waals surface area contributed by atoms with Crippen molar-refractivity contribution < 1.29 is 9.53 Å². The molecule has 2 heterocycles. The third-order valence-corrected chi connectivity index (χ3v) is 3.71. The molecule has 1 atom stereocenters. The van der Waals surface area contributed by atoms with Crippen molar-refractivity contribution >= 4 is 17.2 Å². The summed E-state index contributed by atoms with van der Waals surface area (Å²) in [5.74, 6) is 4.71. The third-order valence-electron chi connectivity index (χ3n) is 2.82. The number of thiazole rings is 1. The average Bonchev–Trinajstić information content (AvgIpc) is 2.98. The monoisotopic (exact) mass is 256 g/mol. The predicted octanol–water partition coefficient (Wildman–Crippen LogP) is -0.0327. The summed E-state index contributed by atoms with van der Waals surface area (Å²) in [4.78, 5) is 17.7. The number of hydrazine groups is 1. The first-order valence-electron chi connectivity index (χ1n) is 5.44. The highest BCUT2D eigenvalue weighted by atomic mass is 32.1. The van der Waals surface area contributed by atoms with Crippen LogP contribution in [0.5, 0.6) is 0 Å². The molecule has 1 fully saturated rings. The number of nitrogens with one attached hydrogen (secondary N) is 1. The van der Waals surface area contributed by atoms with Crippen LogP contribution in [0.25, 0.3) is 0 Å². The van der Waals surface area contributed by atoms with E-state index in [1.165, 1.54) is 11.3 Å². The molecule has 0 bridgehead atoms. The number of hydrogen-bond acceptors (Lipinski definition) is 6. The fraction of sp³-hybridized carbons (Fsp3) is 0.600. The molecule has 3 N–H and O–H groups in total. The van der Waals surface area contributed by atoms with Crippen molar-refractivity contribution in [3.05, 3.63) is 16.1 Å². The van der Waals surface area contributed by atoms with Crippen molar-refractivity contribution in [2.24, 2.45) is 5.84 Å². The van der Waals surface area contributed by atoms with Crippen molar-refractivity contribution in [1.29, 1.82) is 0 Å². The van der Waals surface area contributed by atoms with Gasteiger partial charge in [-0.15, -0.1) is 11.3 Å². The maximum Gasteiger partial charge on any atom is 0.294 e.